The summed E-state index contributed by atoms with van der Waals surface area (Å²) in [6.45, 7) is 26.0. The number of sulfonamides is 1. The maximum absolute atomic E-state index is 14.9. The van der Waals surface area contributed by atoms with Crippen LogP contribution in [0.4, 0.5) is 4.79 Å². The van der Waals surface area contributed by atoms with Gasteiger partial charge in [0, 0.05) is 36.5 Å². The standard InChI is InChI=1S/C64H93N11O13S/c1-16-36(6)51(73-55(77)45(65)30-41-23-18-17-19-24-41)59(81)68-40(10)54(76)70-48(31-42-33-75(62(84)88-63(11,12)13)49-27-21-20-25-43(42)49)56(78)71-47(29-34(2)3)57(79)72-50(35(4)5)58(80)69-46(60(82)83)26-22-28-67-61(66)74-89(85,86)53-38(8)37(7)52-44(39(53)9)32-64(14,15)87-52/h17-21,23-25,27,33-36,40,45-48,50-51H,16,22,26,28-32,65H2,1-15H3,(H,68,81)(H,69,80)(H,70,76)(H,71,78)(H,72,79)(H,73,77)(H,82,83)(H3,66,67,74)/t36-,40-,45-,46-,47-,48-,50-,51-/m0/s1. The third-order valence-corrected chi connectivity index (χ3v) is 17.2. The van der Waals surface area contributed by atoms with Gasteiger partial charge in [-0.2, -0.15) is 0 Å². The first-order valence-corrected chi connectivity index (χ1v) is 31.8. The number of para-hydroxylation sites is 1. The van der Waals surface area contributed by atoms with Crippen LogP contribution in [-0.4, -0.2) is 132 Å². The molecule has 4 aromatic rings. The molecule has 0 spiro atoms. The molecule has 6 amide bonds. The molecular weight excluding hydrogens is 1160 g/mol. The summed E-state index contributed by atoms with van der Waals surface area (Å²) in [6, 6.07) is 7.00. The summed E-state index contributed by atoms with van der Waals surface area (Å²) < 4.78 is 42.8. The number of ether oxygens (including phenoxy) is 2. The number of nitrogens with two attached hydrogens (primary N) is 1. The largest absolute Gasteiger partial charge is 0.487 e. The normalized spacial score (nSPS) is 15.6. The zero-order valence-electron chi connectivity index (χ0n) is 54.0. The molecule has 3 aromatic carbocycles. The molecule has 0 saturated heterocycles. The first kappa shape index (κ1) is 71.7. The molecule has 1 aliphatic heterocycles. The van der Waals surface area contributed by atoms with Gasteiger partial charge < -0.3 is 57.5 Å². The van der Waals surface area contributed by atoms with Crippen molar-refractivity contribution in [2.45, 2.75) is 207 Å². The molecule has 89 heavy (non-hydrogen) atoms. The summed E-state index contributed by atoms with van der Waals surface area (Å²) in [5.74, 6) is -7.11. The van der Waals surface area contributed by atoms with Crippen LogP contribution in [0, 0.1) is 43.9 Å². The van der Waals surface area contributed by atoms with Crippen LogP contribution in [0.15, 0.2) is 65.7 Å². The third kappa shape index (κ3) is 19.5. The van der Waals surface area contributed by atoms with Gasteiger partial charge in [-0.15, -0.1) is 0 Å². The number of guanidine groups is 1. The number of fused-ring (bicyclic) bond motifs is 2. The minimum atomic E-state index is -4.25. The zero-order valence-corrected chi connectivity index (χ0v) is 54.8. The molecule has 5 rings (SSSR count). The van der Waals surface area contributed by atoms with Gasteiger partial charge in [0.2, 0.25) is 41.4 Å². The minimum Gasteiger partial charge on any atom is -0.487 e. The van der Waals surface area contributed by atoms with Gasteiger partial charge in [0.25, 0.3) is 10.0 Å². The highest BCUT2D eigenvalue weighted by atomic mass is 32.2. The number of hydrogen-bond acceptors (Lipinski definition) is 14. The summed E-state index contributed by atoms with van der Waals surface area (Å²) in [5.41, 5.74) is 9.02. The SMILES string of the molecule is CC[C@H](C)[C@H](NC(=O)[C@@H](N)Cc1ccccc1)C(=O)N[C@@H](C)C(=O)N[C@@H](Cc1cn(C(=O)OC(C)(C)C)c2ccccc12)C(=O)N[C@@H](CC(C)C)C(=O)N[C@H](C(=O)N[C@@H](CCCNC(=N)NS(=O)(=O)c1c(C)c(C)c2c(c1C)CC(C)(C)O2)C(=O)O)C(C)C. The monoisotopic (exact) mass is 1260 g/mol. The van der Waals surface area contributed by atoms with Crippen molar-refractivity contribution in [3.05, 3.63) is 94.2 Å². The van der Waals surface area contributed by atoms with Gasteiger partial charge in [-0.3, -0.25) is 38.7 Å². The summed E-state index contributed by atoms with van der Waals surface area (Å²) in [4.78, 5) is 111. The second-order valence-electron chi connectivity index (χ2n) is 25.6. The molecule has 25 heteroatoms. The smallest absolute Gasteiger partial charge is 0.419 e. The Hall–Kier alpha value is -8.06. The van der Waals surface area contributed by atoms with Crippen LogP contribution in [0.5, 0.6) is 5.75 Å². The number of hydrogen-bond donors (Lipinski definition) is 11. The summed E-state index contributed by atoms with van der Waals surface area (Å²) >= 11 is 0. The maximum atomic E-state index is 14.9. The Balaban J connectivity index is 1.32. The highest BCUT2D eigenvalue weighted by molar-refractivity contribution is 7.90. The van der Waals surface area contributed by atoms with E-state index in [9.17, 15) is 51.9 Å². The quantitative estimate of drug-likeness (QED) is 0.0197. The van der Waals surface area contributed by atoms with Gasteiger partial charge in [0.15, 0.2) is 0 Å². The van der Waals surface area contributed by atoms with Crippen molar-refractivity contribution in [3.8, 4) is 5.75 Å². The van der Waals surface area contributed by atoms with E-state index in [0.717, 1.165) is 11.1 Å². The fourth-order valence-corrected chi connectivity index (χ4v) is 12.1. The topological polar surface area (TPSA) is 360 Å². The molecule has 2 heterocycles. The number of nitrogens with zero attached hydrogens (tertiary/aromatic N) is 1. The number of rotatable bonds is 28. The Morgan fingerprint density at radius 3 is 1.93 bits per heavy atom. The van der Waals surface area contributed by atoms with Crippen LogP contribution in [0.1, 0.15) is 142 Å². The molecule has 0 saturated carbocycles. The molecular formula is C64H93N11O13S. The first-order chi connectivity index (χ1) is 41.4. The predicted molar refractivity (Wildman–Crippen MR) is 338 cm³/mol. The molecule has 24 nitrogen and oxygen atoms in total. The van der Waals surface area contributed by atoms with E-state index in [2.05, 4.69) is 41.9 Å². The minimum absolute atomic E-state index is 0.0300. The molecule has 1 aliphatic rings. The van der Waals surface area contributed by atoms with E-state index >= 15 is 0 Å². The van der Waals surface area contributed by atoms with Crippen molar-refractivity contribution in [1.82, 2.24) is 46.5 Å². The number of carbonyl (C=O) groups excluding carboxylic acids is 7. The summed E-state index contributed by atoms with van der Waals surface area (Å²) in [6.07, 6.45) is 1.63. The van der Waals surface area contributed by atoms with Crippen molar-refractivity contribution >= 4 is 74.4 Å². The van der Waals surface area contributed by atoms with Crippen LogP contribution in [0.25, 0.3) is 10.9 Å². The van der Waals surface area contributed by atoms with Gasteiger partial charge in [-0.25, -0.2) is 22.7 Å². The maximum Gasteiger partial charge on any atom is 0.419 e. The number of carboxylic acid groups (broad SMARTS) is 1. The second-order valence-corrected chi connectivity index (χ2v) is 27.2. The van der Waals surface area contributed by atoms with Gasteiger partial charge >= 0.3 is 12.1 Å². The molecule has 12 N–H and O–H groups in total. The van der Waals surface area contributed by atoms with E-state index in [1.165, 1.54) is 17.7 Å². The number of carbonyl (C=O) groups is 8. The molecule has 1 aromatic heterocycles. The molecule has 0 radical (unpaired) electrons. The summed E-state index contributed by atoms with van der Waals surface area (Å²) in [7, 11) is -4.25. The van der Waals surface area contributed by atoms with Crippen molar-refractivity contribution in [1.29, 1.82) is 5.41 Å². The van der Waals surface area contributed by atoms with Crippen molar-refractivity contribution in [3.63, 3.8) is 0 Å². The van der Waals surface area contributed by atoms with E-state index in [-0.39, 0.29) is 49.5 Å². The van der Waals surface area contributed by atoms with Gasteiger partial charge in [-0.1, -0.05) is 96.5 Å². The van der Waals surface area contributed by atoms with Gasteiger partial charge in [0.1, 0.15) is 53.2 Å². The highest BCUT2D eigenvalue weighted by Crippen LogP contribution is 2.43. The van der Waals surface area contributed by atoms with E-state index in [0.29, 0.717) is 51.7 Å². The van der Waals surface area contributed by atoms with Crippen LogP contribution in [0.3, 0.4) is 0 Å². The Labute approximate surface area is 522 Å². The molecule has 0 bridgehead atoms. The fourth-order valence-electron chi connectivity index (χ4n) is 10.6. The number of amides is 6. The van der Waals surface area contributed by atoms with E-state index < -0.39 is 129 Å². The van der Waals surface area contributed by atoms with E-state index in [1.807, 2.05) is 51.1 Å². The Bertz CT molecular complexity index is 3380. The number of aliphatic carboxylic acids is 1. The highest BCUT2D eigenvalue weighted by Gasteiger charge is 2.39. The average molecular weight is 1260 g/mol. The lowest BCUT2D eigenvalue weighted by Gasteiger charge is -2.29. The number of aromatic nitrogens is 1. The first-order valence-electron chi connectivity index (χ1n) is 30.3. The molecule has 0 aliphatic carbocycles. The average Bonchev–Trinajstić information content (AvgIpc) is 1.78. The van der Waals surface area contributed by atoms with Crippen LogP contribution < -0.4 is 52.4 Å². The summed E-state index contributed by atoms with van der Waals surface area (Å²) in [5, 5.41) is 38.0. The third-order valence-electron chi connectivity index (χ3n) is 15.6. The van der Waals surface area contributed by atoms with Gasteiger partial charge in [0.05, 0.1) is 16.5 Å². The predicted octanol–water partition coefficient (Wildman–Crippen LogP) is 5.22. The Kier molecular flexibility index (Phi) is 24.5. The Morgan fingerprint density at radius 2 is 1.33 bits per heavy atom. The van der Waals surface area contributed by atoms with Gasteiger partial charge in [-0.05, 0) is 140 Å². The van der Waals surface area contributed by atoms with Crippen LogP contribution >= 0.6 is 0 Å². The lowest BCUT2D eigenvalue weighted by atomic mass is 9.94. The van der Waals surface area contributed by atoms with E-state index in [1.54, 1.807) is 100 Å². The van der Waals surface area contributed by atoms with Crippen LogP contribution in [-0.2, 0) is 67.6 Å². The lowest BCUT2D eigenvalue weighted by Crippen LogP contribution is -2.60. The molecule has 0 unspecified atom stereocenters. The Morgan fingerprint density at radius 1 is 0.742 bits per heavy atom. The molecule has 488 valence electrons. The second kappa shape index (κ2) is 30.4. The van der Waals surface area contributed by atoms with Crippen molar-refractivity contribution < 1.29 is 61.4 Å². The number of benzene rings is 3. The number of carboxylic acids is 1. The zero-order chi connectivity index (χ0) is 66.6. The van der Waals surface area contributed by atoms with E-state index in [4.69, 9.17) is 20.6 Å². The van der Waals surface area contributed by atoms with Crippen molar-refractivity contribution in [2.75, 3.05) is 6.54 Å². The van der Waals surface area contributed by atoms with Crippen LogP contribution in [0.2, 0.25) is 0 Å². The number of nitrogens with one attached hydrogen (secondary N) is 9. The van der Waals surface area contributed by atoms with Crippen molar-refractivity contribution in [2.24, 2.45) is 23.5 Å². The molecule has 8 atom stereocenters. The lowest BCUT2D eigenvalue weighted by molar-refractivity contribution is -0.143. The molecule has 0 fully saturated rings. The fraction of sp³-hybridized carbons (Fsp3) is 0.547.